The van der Waals surface area contributed by atoms with Crippen molar-refractivity contribution in [3.8, 4) is 23.0 Å². The molecule has 0 aromatic heterocycles. The minimum atomic E-state index is -1.46. The smallest absolute Gasteiger partial charge is 0.259 e. The quantitative estimate of drug-likeness (QED) is 0.324. The van der Waals surface area contributed by atoms with Crippen molar-refractivity contribution in [2.45, 2.75) is 26.8 Å². The van der Waals surface area contributed by atoms with E-state index >= 15 is 0 Å². The zero-order chi connectivity index (χ0) is 24.5. The van der Waals surface area contributed by atoms with Gasteiger partial charge in [-0.05, 0) is 45.0 Å². The molecule has 0 aliphatic carbocycles. The molecule has 1 N–H and O–H groups in total. The molecule has 9 nitrogen and oxygen atoms in total. The molecule has 0 saturated heterocycles. The lowest BCUT2D eigenvalue weighted by Gasteiger charge is -2.17. The third-order valence-corrected chi connectivity index (χ3v) is 4.87. The maximum atomic E-state index is 12.9. The maximum Gasteiger partial charge on any atom is 0.259 e. The predicted molar refractivity (Wildman–Crippen MR) is 126 cm³/mol. The number of rotatable bonds is 11. The van der Waals surface area contributed by atoms with Crippen molar-refractivity contribution in [3.05, 3.63) is 34.3 Å². The Labute approximate surface area is 202 Å². The fourth-order valence-corrected chi connectivity index (χ4v) is 3.26. The van der Waals surface area contributed by atoms with Crippen molar-refractivity contribution in [2.75, 3.05) is 32.8 Å². The van der Waals surface area contributed by atoms with Gasteiger partial charge < -0.3 is 24.3 Å². The second kappa shape index (κ2) is 12.3. The van der Waals surface area contributed by atoms with Crippen molar-refractivity contribution < 1.29 is 28.5 Å². The van der Waals surface area contributed by atoms with Gasteiger partial charge in [0.1, 0.15) is 17.1 Å². The van der Waals surface area contributed by atoms with E-state index in [1.807, 2.05) is 0 Å². The number of carbonyl (C=O) groups is 2. The largest absolute Gasteiger partial charge is 0.494 e. The monoisotopic (exact) mass is 497 g/mol. The highest BCUT2D eigenvalue weighted by Gasteiger charge is 2.27. The van der Waals surface area contributed by atoms with Crippen LogP contribution in [0.4, 0.5) is 11.4 Å². The fraction of sp³-hybridized carbons (Fsp3) is 0.364. The minimum absolute atomic E-state index is 0.166. The summed E-state index contributed by atoms with van der Waals surface area (Å²) in [5, 5.41) is 11.2. The molecule has 2 aromatic rings. The fourth-order valence-electron chi connectivity index (χ4n) is 2.83. The second-order valence-corrected chi connectivity index (χ2v) is 7.28. The van der Waals surface area contributed by atoms with Gasteiger partial charge in [-0.2, -0.15) is 10.2 Å². The first kappa shape index (κ1) is 26.2. The molecule has 0 aliphatic rings. The molecule has 1 atom stereocenters. The highest BCUT2D eigenvalue weighted by atomic mass is 35.5. The summed E-state index contributed by atoms with van der Waals surface area (Å²) in [5.41, 5.74) is 0.417. The highest BCUT2D eigenvalue weighted by molar-refractivity contribution is 6.33. The number of amides is 1. The number of benzene rings is 2. The Morgan fingerprint density at radius 2 is 1.55 bits per heavy atom. The summed E-state index contributed by atoms with van der Waals surface area (Å²) in [7, 11) is 2.82. The number of methoxy groups -OCH3 is 2. The van der Waals surface area contributed by atoms with Crippen LogP contribution in [0.1, 0.15) is 20.8 Å². The molecular formula is C22H25Cl2N3O6. The van der Waals surface area contributed by atoms with Gasteiger partial charge in [0, 0.05) is 0 Å². The average Bonchev–Trinajstić information content (AvgIpc) is 2.78. The van der Waals surface area contributed by atoms with E-state index in [-0.39, 0.29) is 27.9 Å². The van der Waals surface area contributed by atoms with E-state index in [2.05, 4.69) is 15.5 Å². The van der Waals surface area contributed by atoms with Gasteiger partial charge in [0.15, 0.2) is 23.0 Å². The predicted octanol–water partition coefficient (Wildman–Crippen LogP) is 5.49. The maximum absolute atomic E-state index is 12.9. The van der Waals surface area contributed by atoms with Crippen molar-refractivity contribution >= 4 is 46.3 Å². The Kier molecular flexibility index (Phi) is 9.74. The summed E-state index contributed by atoms with van der Waals surface area (Å²) < 4.78 is 21.7. The molecule has 1 unspecified atom stereocenters. The van der Waals surface area contributed by atoms with Crippen LogP contribution in [0.5, 0.6) is 23.0 Å². The number of anilines is 1. The molecule has 0 saturated carbocycles. The van der Waals surface area contributed by atoms with Crippen LogP contribution in [0, 0.1) is 0 Å². The van der Waals surface area contributed by atoms with E-state index in [4.69, 9.17) is 42.1 Å². The first-order valence-corrected chi connectivity index (χ1v) is 10.7. The summed E-state index contributed by atoms with van der Waals surface area (Å²) >= 11 is 12.4. The molecule has 1 amide bonds. The molecule has 2 rings (SSSR count). The van der Waals surface area contributed by atoms with Crippen LogP contribution in [0.15, 0.2) is 34.5 Å². The van der Waals surface area contributed by atoms with Crippen LogP contribution in [-0.2, 0) is 9.59 Å². The van der Waals surface area contributed by atoms with Crippen molar-refractivity contribution in [2.24, 2.45) is 10.2 Å². The number of ether oxygens (including phenoxy) is 4. The molecule has 0 heterocycles. The number of nitrogens with zero attached hydrogens (tertiary/aromatic N) is 2. The number of ketones is 1. The molecule has 0 bridgehead atoms. The molecule has 0 spiro atoms. The molecule has 33 heavy (non-hydrogen) atoms. The average molecular weight is 498 g/mol. The van der Waals surface area contributed by atoms with Crippen LogP contribution in [0.3, 0.4) is 0 Å². The van der Waals surface area contributed by atoms with Gasteiger partial charge in [-0.3, -0.25) is 9.59 Å². The first-order valence-electron chi connectivity index (χ1n) is 9.99. The van der Waals surface area contributed by atoms with Crippen LogP contribution < -0.4 is 24.3 Å². The van der Waals surface area contributed by atoms with Gasteiger partial charge in [-0.15, -0.1) is 0 Å². The van der Waals surface area contributed by atoms with Crippen LogP contribution in [-0.4, -0.2) is 45.2 Å². The van der Waals surface area contributed by atoms with E-state index in [1.165, 1.54) is 21.1 Å². The Bertz CT molecular complexity index is 1050. The molecule has 0 radical (unpaired) electrons. The van der Waals surface area contributed by atoms with Gasteiger partial charge in [0.2, 0.25) is 6.04 Å². The molecular weight excluding hydrogens is 473 g/mol. The number of nitrogens with one attached hydrogen (secondary N) is 1. The Morgan fingerprint density at radius 3 is 2.12 bits per heavy atom. The Hall–Kier alpha value is -3.04. The zero-order valence-electron chi connectivity index (χ0n) is 18.9. The summed E-state index contributed by atoms with van der Waals surface area (Å²) in [4.78, 5) is 25.2. The zero-order valence-corrected chi connectivity index (χ0v) is 20.4. The van der Waals surface area contributed by atoms with Crippen LogP contribution in [0.25, 0.3) is 0 Å². The lowest BCUT2D eigenvalue weighted by Crippen LogP contribution is -2.32. The SMILES string of the molecule is CCOc1c(Cl)ccc(N=NC(C(C)=O)C(=O)Nc2c(OC)ccc(Cl)c2OC)c1OCC. The third kappa shape index (κ3) is 6.27. The van der Waals surface area contributed by atoms with E-state index < -0.39 is 17.7 Å². The summed E-state index contributed by atoms with van der Waals surface area (Å²) in [6.45, 7) is 5.48. The van der Waals surface area contributed by atoms with Crippen molar-refractivity contribution in [1.29, 1.82) is 0 Å². The molecule has 11 heteroatoms. The lowest BCUT2D eigenvalue weighted by atomic mass is 10.2. The lowest BCUT2D eigenvalue weighted by molar-refractivity contribution is -0.126. The van der Waals surface area contributed by atoms with Gasteiger partial charge in [-0.1, -0.05) is 23.2 Å². The standard InChI is InChI=1S/C22H25Cl2N3O6/c1-6-32-20-14(24)8-10-15(21(20)33-7-2)26-27-17(12(3)28)22(29)25-18-16(30-4)11-9-13(23)19(18)31-5/h8-11,17H,6-7H2,1-5H3,(H,25,29). The van der Waals surface area contributed by atoms with E-state index in [9.17, 15) is 9.59 Å². The summed E-state index contributed by atoms with van der Waals surface area (Å²) in [5.74, 6) is -0.246. The number of hydrogen-bond acceptors (Lipinski definition) is 8. The van der Waals surface area contributed by atoms with Gasteiger partial charge in [-0.25, -0.2) is 0 Å². The highest BCUT2D eigenvalue weighted by Crippen LogP contribution is 2.43. The number of Topliss-reactive ketones (excluding diaryl/α,β-unsaturated/α-hetero) is 1. The molecule has 0 aliphatic heterocycles. The van der Waals surface area contributed by atoms with Gasteiger partial charge in [0.25, 0.3) is 5.91 Å². The molecule has 2 aromatic carbocycles. The van der Waals surface area contributed by atoms with Crippen LogP contribution >= 0.6 is 23.2 Å². The van der Waals surface area contributed by atoms with Crippen molar-refractivity contribution in [3.63, 3.8) is 0 Å². The van der Waals surface area contributed by atoms with Crippen LogP contribution in [0.2, 0.25) is 10.0 Å². The third-order valence-electron chi connectivity index (χ3n) is 4.28. The number of carbonyl (C=O) groups excluding carboxylic acids is 2. The normalized spacial score (nSPS) is 11.7. The van der Waals surface area contributed by atoms with E-state index in [0.717, 1.165) is 0 Å². The molecule has 178 valence electrons. The Balaban J connectivity index is 2.42. The number of halogens is 2. The second-order valence-electron chi connectivity index (χ2n) is 6.47. The first-order chi connectivity index (χ1) is 15.8. The number of hydrogen-bond donors (Lipinski definition) is 1. The van der Waals surface area contributed by atoms with E-state index in [0.29, 0.717) is 29.7 Å². The van der Waals surface area contributed by atoms with E-state index in [1.54, 1.807) is 38.1 Å². The minimum Gasteiger partial charge on any atom is -0.494 e. The molecule has 0 fully saturated rings. The number of azo groups is 1. The van der Waals surface area contributed by atoms with Gasteiger partial charge >= 0.3 is 0 Å². The van der Waals surface area contributed by atoms with Gasteiger partial charge in [0.05, 0.1) is 37.5 Å². The topological polar surface area (TPSA) is 108 Å². The summed E-state index contributed by atoms with van der Waals surface area (Å²) in [6, 6.07) is 4.77. The van der Waals surface area contributed by atoms with Crippen molar-refractivity contribution in [1.82, 2.24) is 0 Å². The Morgan fingerprint density at radius 1 is 0.939 bits per heavy atom. The summed E-state index contributed by atoms with van der Waals surface area (Å²) in [6.07, 6.45) is 0.